The maximum absolute atomic E-state index is 12.2. The number of hydrogen-bond acceptors (Lipinski definition) is 3. The van der Waals surface area contributed by atoms with Crippen LogP contribution in [0.3, 0.4) is 0 Å². The standard InChI is InChI=1S/C13H15BrN2O3/c1-13(4-5-15-7-13)12(19)16-10-3-2-8(11(17)18)6-9(10)14/h2-3,6,15H,4-5,7H2,1H3,(H,16,19)(H,17,18). The lowest BCUT2D eigenvalue weighted by Gasteiger charge is -2.22. The second kappa shape index (κ2) is 5.30. The van der Waals surface area contributed by atoms with Crippen LogP contribution < -0.4 is 10.6 Å². The molecule has 6 heteroatoms. The number of carbonyl (C=O) groups excluding carboxylic acids is 1. The van der Waals surface area contributed by atoms with E-state index in [0.29, 0.717) is 16.7 Å². The van der Waals surface area contributed by atoms with Gasteiger partial charge in [-0.05, 0) is 54.0 Å². The molecule has 1 amide bonds. The molecule has 102 valence electrons. The van der Waals surface area contributed by atoms with E-state index in [2.05, 4.69) is 26.6 Å². The lowest BCUT2D eigenvalue weighted by molar-refractivity contribution is -0.123. The molecule has 0 saturated carbocycles. The Bertz CT molecular complexity index is 525. The number of carboxylic acid groups (broad SMARTS) is 1. The summed E-state index contributed by atoms with van der Waals surface area (Å²) in [5.74, 6) is -1.05. The SMILES string of the molecule is CC1(C(=O)Nc2ccc(C(=O)O)cc2Br)CCNC1. The highest BCUT2D eigenvalue weighted by molar-refractivity contribution is 9.10. The summed E-state index contributed by atoms with van der Waals surface area (Å²) in [5.41, 5.74) is 0.354. The summed E-state index contributed by atoms with van der Waals surface area (Å²) in [5, 5.41) is 14.9. The van der Waals surface area contributed by atoms with Crippen LogP contribution in [0.25, 0.3) is 0 Å². The fraction of sp³-hybridized carbons (Fsp3) is 0.385. The Kier molecular flexibility index (Phi) is 3.91. The summed E-state index contributed by atoms with van der Waals surface area (Å²) >= 11 is 3.28. The predicted octanol–water partition coefficient (Wildman–Crippen LogP) is 2.09. The van der Waals surface area contributed by atoms with Gasteiger partial charge in [-0.1, -0.05) is 0 Å². The number of amides is 1. The lowest BCUT2D eigenvalue weighted by atomic mass is 9.89. The average Bonchev–Trinajstić information content (AvgIpc) is 2.80. The second-order valence-electron chi connectivity index (χ2n) is 4.94. The molecule has 5 nitrogen and oxygen atoms in total. The highest BCUT2D eigenvalue weighted by Gasteiger charge is 2.36. The molecule has 3 N–H and O–H groups in total. The molecule has 0 bridgehead atoms. The third-order valence-electron chi connectivity index (χ3n) is 3.38. The van der Waals surface area contributed by atoms with E-state index in [1.54, 1.807) is 6.07 Å². The maximum Gasteiger partial charge on any atom is 0.335 e. The van der Waals surface area contributed by atoms with E-state index < -0.39 is 11.4 Å². The van der Waals surface area contributed by atoms with Crippen LogP contribution in [-0.2, 0) is 4.79 Å². The van der Waals surface area contributed by atoms with E-state index in [0.717, 1.165) is 13.0 Å². The first-order valence-corrected chi connectivity index (χ1v) is 6.77. The normalized spacial score (nSPS) is 22.2. The van der Waals surface area contributed by atoms with E-state index >= 15 is 0 Å². The highest BCUT2D eigenvalue weighted by atomic mass is 79.9. The monoisotopic (exact) mass is 326 g/mol. The smallest absolute Gasteiger partial charge is 0.335 e. The molecule has 1 fully saturated rings. The van der Waals surface area contributed by atoms with Gasteiger partial charge in [-0.3, -0.25) is 4.79 Å². The molecule has 1 saturated heterocycles. The van der Waals surface area contributed by atoms with Gasteiger partial charge in [-0.2, -0.15) is 0 Å². The summed E-state index contributed by atoms with van der Waals surface area (Å²) in [6.07, 6.45) is 0.795. The van der Waals surface area contributed by atoms with Crippen LogP contribution >= 0.6 is 15.9 Å². The van der Waals surface area contributed by atoms with Gasteiger partial charge in [0.25, 0.3) is 0 Å². The van der Waals surface area contributed by atoms with Crippen LogP contribution in [0.5, 0.6) is 0 Å². The fourth-order valence-corrected chi connectivity index (χ4v) is 2.51. The second-order valence-corrected chi connectivity index (χ2v) is 5.80. The number of nitrogens with one attached hydrogen (secondary N) is 2. The van der Waals surface area contributed by atoms with Crippen molar-refractivity contribution >= 4 is 33.5 Å². The van der Waals surface area contributed by atoms with Crippen molar-refractivity contribution in [1.29, 1.82) is 0 Å². The number of benzene rings is 1. The van der Waals surface area contributed by atoms with Gasteiger partial charge >= 0.3 is 5.97 Å². The van der Waals surface area contributed by atoms with Gasteiger partial charge in [0.05, 0.1) is 16.7 Å². The van der Waals surface area contributed by atoms with Crippen molar-refractivity contribution in [2.75, 3.05) is 18.4 Å². The van der Waals surface area contributed by atoms with Crippen LogP contribution in [-0.4, -0.2) is 30.1 Å². The first-order chi connectivity index (χ1) is 8.92. The zero-order valence-corrected chi connectivity index (χ0v) is 12.1. The molecule has 1 aliphatic heterocycles. The van der Waals surface area contributed by atoms with E-state index in [9.17, 15) is 9.59 Å². The van der Waals surface area contributed by atoms with E-state index in [1.165, 1.54) is 12.1 Å². The van der Waals surface area contributed by atoms with Gasteiger partial charge in [-0.15, -0.1) is 0 Å². The van der Waals surface area contributed by atoms with Crippen molar-refractivity contribution in [2.24, 2.45) is 5.41 Å². The zero-order chi connectivity index (χ0) is 14.0. The van der Waals surface area contributed by atoms with Crippen LogP contribution in [0.4, 0.5) is 5.69 Å². The number of anilines is 1. The quantitative estimate of drug-likeness (QED) is 0.794. The Morgan fingerprint density at radius 3 is 2.74 bits per heavy atom. The molecule has 0 aromatic heterocycles. The van der Waals surface area contributed by atoms with Crippen molar-refractivity contribution in [1.82, 2.24) is 5.32 Å². The van der Waals surface area contributed by atoms with Gasteiger partial charge < -0.3 is 15.7 Å². The van der Waals surface area contributed by atoms with Gasteiger partial charge in [-0.25, -0.2) is 4.79 Å². The summed E-state index contributed by atoms with van der Waals surface area (Å²) in [6.45, 7) is 3.41. The first kappa shape index (κ1) is 14.0. The van der Waals surface area contributed by atoms with Crippen molar-refractivity contribution in [3.63, 3.8) is 0 Å². The molecule has 1 aliphatic rings. The Morgan fingerprint density at radius 2 is 2.21 bits per heavy atom. The molecule has 1 atom stereocenters. The largest absolute Gasteiger partial charge is 0.478 e. The topological polar surface area (TPSA) is 78.4 Å². The molecular weight excluding hydrogens is 312 g/mol. The van der Waals surface area contributed by atoms with Crippen LogP contribution in [0, 0.1) is 5.41 Å². The summed E-state index contributed by atoms with van der Waals surface area (Å²) in [7, 11) is 0. The lowest BCUT2D eigenvalue weighted by Crippen LogP contribution is -2.35. The first-order valence-electron chi connectivity index (χ1n) is 5.97. The molecule has 1 heterocycles. The minimum atomic E-state index is -0.995. The summed E-state index contributed by atoms with van der Waals surface area (Å²) in [6, 6.07) is 4.54. The third-order valence-corrected chi connectivity index (χ3v) is 4.04. The number of hydrogen-bond donors (Lipinski definition) is 3. The molecule has 19 heavy (non-hydrogen) atoms. The van der Waals surface area contributed by atoms with Crippen molar-refractivity contribution < 1.29 is 14.7 Å². The van der Waals surface area contributed by atoms with Crippen molar-refractivity contribution in [3.8, 4) is 0 Å². The van der Waals surface area contributed by atoms with Gasteiger partial charge in [0.2, 0.25) is 5.91 Å². The number of halogens is 1. The molecular formula is C13H15BrN2O3. The minimum Gasteiger partial charge on any atom is -0.478 e. The minimum absolute atomic E-state index is 0.0544. The van der Waals surface area contributed by atoms with Crippen LogP contribution in [0.1, 0.15) is 23.7 Å². The van der Waals surface area contributed by atoms with Gasteiger partial charge in [0.15, 0.2) is 0 Å². The predicted molar refractivity (Wildman–Crippen MR) is 75.3 cm³/mol. The number of aromatic carboxylic acids is 1. The Balaban J connectivity index is 2.15. The molecule has 1 aromatic carbocycles. The summed E-state index contributed by atoms with van der Waals surface area (Å²) in [4.78, 5) is 23.0. The Hall–Kier alpha value is -1.40. The van der Waals surface area contributed by atoms with E-state index in [1.807, 2.05) is 6.92 Å². The van der Waals surface area contributed by atoms with Crippen LogP contribution in [0.2, 0.25) is 0 Å². The highest BCUT2D eigenvalue weighted by Crippen LogP contribution is 2.29. The molecule has 0 aliphatic carbocycles. The van der Waals surface area contributed by atoms with E-state index in [4.69, 9.17) is 5.11 Å². The number of carboxylic acids is 1. The number of carbonyl (C=O) groups is 2. The maximum atomic E-state index is 12.2. The van der Waals surface area contributed by atoms with Crippen molar-refractivity contribution in [3.05, 3.63) is 28.2 Å². The molecule has 0 spiro atoms. The average molecular weight is 327 g/mol. The molecule has 0 radical (unpaired) electrons. The Labute approximate surface area is 119 Å². The summed E-state index contributed by atoms with van der Waals surface area (Å²) < 4.78 is 0.565. The third kappa shape index (κ3) is 2.96. The number of rotatable bonds is 3. The molecule has 1 aromatic rings. The van der Waals surface area contributed by atoms with Gasteiger partial charge in [0.1, 0.15) is 0 Å². The molecule has 1 unspecified atom stereocenters. The van der Waals surface area contributed by atoms with E-state index in [-0.39, 0.29) is 11.5 Å². The fourth-order valence-electron chi connectivity index (χ4n) is 2.03. The Morgan fingerprint density at radius 1 is 1.47 bits per heavy atom. The van der Waals surface area contributed by atoms with Crippen LogP contribution in [0.15, 0.2) is 22.7 Å². The van der Waals surface area contributed by atoms with Crippen molar-refractivity contribution in [2.45, 2.75) is 13.3 Å². The molecule has 2 rings (SSSR count). The zero-order valence-electron chi connectivity index (χ0n) is 10.5. The van der Waals surface area contributed by atoms with Gasteiger partial charge in [0, 0.05) is 11.0 Å².